The van der Waals surface area contributed by atoms with Crippen LogP contribution < -0.4 is 18.9 Å². The van der Waals surface area contributed by atoms with Crippen LogP contribution in [0, 0.1) is 6.07 Å². The standard InChI is InChI=1S/C12H9O2S.Li/c13-15(14,11-7-3-1-4-8-11)12-9-5-2-6-10-12;/h1-9H;/q-1;+1. The van der Waals surface area contributed by atoms with E-state index >= 15 is 0 Å². The molecule has 0 bridgehead atoms. The Morgan fingerprint density at radius 2 is 1.50 bits per heavy atom. The second-order valence-electron chi connectivity index (χ2n) is 3.04. The third-order valence-electron chi connectivity index (χ3n) is 2.02. The molecule has 0 aliphatic heterocycles. The zero-order valence-electron chi connectivity index (χ0n) is 8.92. The van der Waals surface area contributed by atoms with Gasteiger partial charge in [-0.15, -0.1) is 0 Å². The van der Waals surface area contributed by atoms with Gasteiger partial charge in [0.2, 0.25) is 0 Å². The smallest absolute Gasteiger partial charge is 0.221 e. The van der Waals surface area contributed by atoms with Gasteiger partial charge in [0.1, 0.15) is 0 Å². The molecule has 0 aliphatic carbocycles. The monoisotopic (exact) mass is 224 g/mol. The fourth-order valence-corrected chi connectivity index (χ4v) is 2.52. The van der Waals surface area contributed by atoms with Gasteiger partial charge in [-0.3, -0.25) is 0 Å². The Hall–Kier alpha value is -1.01. The molecule has 0 amide bonds. The van der Waals surface area contributed by atoms with Crippen LogP contribution in [0.4, 0.5) is 0 Å². The van der Waals surface area contributed by atoms with Gasteiger partial charge in [0.25, 0.3) is 0 Å². The van der Waals surface area contributed by atoms with Gasteiger partial charge < -0.3 is 0 Å². The van der Waals surface area contributed by atoms with E-state index in [0.29, 0.717) is 4.90 Å². The average molecular weight is 224 g/mol. The van der Waals surface area contributed by atoms with E-state index in [-0.39, 0.29) is 23.8 Å². The third-order valence-corrected chi connectivity index (χ3v) is 3.75. The van der Waals surface area contributed by atoms with Gasteiger partial charge in [-0.2, -0.15) is 30.3 Å². The van der Waals surface area contributed by atoms with Crippen LogP contribution >= 0.6 is 0 Å². The van der Waals surface area contributed by atoms with Crippen LogP contribution in [0.15, 0.2) is 64.4 Å². The maximum Gasteiger partial charge on any atom is 1.00 e. The van der Waals surface area contributed by atoms with E-state index < -0.39 is 9.84 Å². The molecule has 0 unspecified atom stereocenters. The quantitative estimate of drug-likeness (QED) is 0.500. The first-order valence-corrected chi connectivity index (χ1v) is 5.96. The predicted octanol–water partition coefficient (Wildman–Crippen LogP) is -0.676. The Balaban J connectivity index is 0.00000128. The van der Waals surface area contributed by atoms with Crippen LogP contribution in [0.5, 0.6) is 0 Å². The Labute approximate surface area is 107 Å². The van der Waals surface area contributed by atoms with Gasteiger partial charge in [-0.05, 0) is 17.0 Å². The molecule has 2 aromatic rings. The molecule has 2 aromatic carbocycles. The Bertz CT molecular complexity index is 490. The molecular formula is C12H9LiO2S. The molecule has 0 atom stereocenters. The molecule has 4 heteroatoms. The van der Waals surface area contributed by atoms with Crippen LogP contribution in [-0.2, 0) is 9.84 Å². The van der Waals surface area contributed by atoms with Crippen molar-refractivity contribution < 1.29 is 27.3 Å². The molecule has 0 aromatic heterocycles. The first kappa shape index (κ1) is 13.1. The predicted molar refractivity (Wildman–Crippen MR) is 57.2 cm³/mol. The van der Waals surface area contributed by atoms with Crippen LogP contribution in [0.2, 0.25) is 0 Å². The summed E-state index contributed by atoms with van der Waals surface area (Å²) in [6, 6.07) is 17.6. The topological polar surface area (TPSA) is 34.1 Å². The molecule has 0 N–H and O–H groups in total. The normalized spacial score (nSPS) is 10.5. The maximum atomic E-state index is 12.0. The molecule has 0 heterocycles. The van der Waals surface area contributed by atoms with E-state index in [0.717, 1.165) is 0 Å². The van der Waals surface area contributed by atoms with E-state index in [1.165, 1.54) is 0 Å². The Morgan fingerprint density at radius 3 is 2.06 bits per heavy atom. The van der Waals surface area contributed by atoms with Crippen molar-refractivity contribution >= 4 is 9.84 Å². The molecule has 76 valence electrons. The van der Waals surface area contributed by atoms with Gasteiger partial charge in [0, 0.05) is 0 Å². The molecule has 0 spiro atoms. The molecule has 0 fully saturated rings. The summed E-state index contributed by atoms with van der Waals surface area (Å²) in [7, 11) is -3.39. The summed E-state index contributed by atoms with van der Waals surface area (Å²) < 4.78 is 24.0. The zero-order chi connectivity index (χ0) is 10.7. The maximum absolute atomic E-state index is 12.0. The van der Waals surface area contributed by atoms with Crippen molar-refractivity contribution in [1.29, 1.82) is 0 Å². The van der Waals surface area contributed by atoms with Crippen molar-refractivity contribution in [2.24, 2.45) is 0 Å². The van der Waals surface area contributed by atoms with E-state index in [2.05, 4.69) is 6.07 Å². The Morgan fingerprint density at radius 1 is 0.875 bits per heavy atom. The summed E-state index contributed by atoms with van der Waals surface area (Å²) in [5, 5.41) is 0. The minimum atomic E-state index is -3.39. The molecule has 0 saturated carbocycles. The largest absolute Gasteiger partial charge is 1.00 e. The van der Waals surface area contributed by atoms with E-state index in [4.69, 9.17) is 0 Å². The van der Waals surface area contributed by atoms with E-state index in [9.17, 15) is 8.42 Å². The van der Waals surface area contributed by atoms with Gasteiger partial charge >= 0.3 is 18.9 Å². The van der Waals surface area contributed by atoms with E-state index in [1.807, 2.05) is 0 Å². The van der Waals surface area contributed by atoms with Crippen molar-refractivity contribution in [1.82, 2.24) is 0 Å². The van der Waals surface area contributed by atoms with Gasteiger partial charge in [0.05, 0.1) is 4.90 Å². The molecular weight excluding hydrogens is 215 g/mol. The summed E-state index contributed by atoms with van der Waals surface area (Å²) in [6.45, 7) is 0. The fraction of sp³-hybridized carbons (Fsp3) is 0. The van der Waals surface area contributed by atoms with Crippen molar-refractivity contribution in [3.8, 4) is 0 Å². The molecule has 16 heavy (non-hydrogen) atoms. The van der Waals surface area contributed by atoms with Crippen molar-refractivity contribution in [2.45, 2.75) is 9.79 Å². The number of sulfone groups is 1. The van der Waals surface area contributed by atoms with Crippen molar-refractivity contribution in [2.75, 3.05) is 0 Å². The third kappa shape index (κ3) is 2.56. The first-order valence-electron chi connectivity index (χ1n) is 4.48. The summed E-state index contributed by atoms with van der Waals surface area (Å²) in [5.74, 6) is 0. The minimum absolute atomic E-state index is 0. The SMILES string of the molecule is O=S(=O)(c1[c-]cccc1)c1ccccc1.[Li+]. The molecule has 2 rings (SSSR count). The Kier molecular flexibility index (Phi) is 4.37. The van der Waals surface area contributed by atoms with E-state index in [1.54, 1.807) is 54.6 Å². The van der Waals surface area contributed by atoms with Crippen LogP contribution in [0.1, 0.15) is 0 Å². The first-order chi connectivity index (χ1) is 7.21. The van der Waals surface area contributed by atoms with Crippen LogP contribution in [-0.4, -0.2) is 8.42 Å². The number of hydrogen-bond acceptors (Lipinski definition) is 2. The van der Waals surface area contributed by atoms with Gasteiger partial charge in [-0.1, -0.05) is 18.2 Å². The minimum Gasteiger partial charge on any atom is -0.221 e. The average Bonchev–Trinajstić information content (AvgIpc) is 2.31. The van der Waals surface area contributed by atoms with Gasteiger partial charge in [-0.25, -0.2) is 8.42 Å². The molecule has 0 saturated heterocycles. The fourth-order valence-electron chi connectivity index (χ4n) is 1.27. The summed E-state index contributed by atoms with van der Waals surface area (Å²) in [5.41, 5.74) is 0. The van der Waals surface area contributed by atoms with Crippen molar-refractivity contribution in [3.63, 3.8) is 0 Å². The van der Waals surface area contributed by atoms with Gasteiger partial charge in [0.15, 0.2) is 9.84 Å². The number of rotatable bonds is 2. The number of hydrogen-bond donors (Lipinski definition) is 0. The molecule has 0 radical (unpaired) electrons. The second-order valence-corrected chi connectivity index (χ2v) is 4.96. The summed E-state index contributed by atoms with van der Waals surface area (Å²) in [6.07, 6.45) is 0. The van der Waals surface area contributed by atoms with Crippen molar-refractivity contribution in [3.05, 3.63) is 60.7 Å². The molecule has 0 aliphatic rings. The zero-order valence-corrected chi connectivity index (χ0v) is 9.74. The number of benzene rings is 2. The van der Waals surface area contributed by atoms with Crippen LogP contribution in [0.3, 0.4) is 0 Å². The second kappa shape index (κ2) is 5.36. The molecule has 2 nitrogen and oxygen atoms in total. The summed E-state index contributed by atoms with van der Waals surface area (Å²) in [4.78, 5) is 0.503. The summed E-state index contributed by atoms with van der Waals surface area (Å²) >= 11 is 0. The van der Waals surface area contributed by atoms with Crippen LogP contribution in [0.25, 0.3) is 0 Å².